The van der Waals surface area contributed by atoms with E-state index in [0.717, 1.165) is 0 Å². The van der Waals surface area contributed by atoms with E-state index in [9.17, 15) is 43.7 Å². The van der Waals surface area contributed by atoms with Gasteiger partial charge in [0.1, 0.15) is 0 Å². The van der Waals surface area contributed by atoms with Gasteiger partial charge >= 0.3 is 17.8 Å². The van der Waals surface area contributed by atoms with Gasteiger partial charge in [0, 0.05) is 0 Å². The van der Waals surface area contributed by atoms with Crippen molar-refractivity contribution in [1.29, 1.82) is 0 Å². The Hall–Kier alpha value is 0.730. The lowest BCUT2D eigenvalue weighted by atomic mass is 11.5. The minimum absolute atomic E-state index is 1.88. The quantitative estimate of drug-likeness (QED) is 0.445. The Bertz CT molecular complexity index is 295. The molecule has 104 valence electrons. The van der Waals surface area contributed by atoms with Crippen LogP contribution in [0.2, 0.25) is 0 Å². The molecule has 0 aliphatic carbocycles. The fourth-order valence-electron chi connectivity index (χ4n) is 0.384. The topological polar surface area (TPSA) is 0 Å². The fraction of sp³-hybridized carbons (Fsp3) is 1.00. The monoisotopic (exact) mass is 352 g/mol. The Labute approximate surface area is 97.5 Å². The third-order valence-corrected chi connectivity index (χ3v) is 12.5. The average molecular weight is 352 g/mol. The van der Waals surface area contributed by atoms with Crippen LogP contribution < -0.4 is 0 Å². The summed E-state index contributed by atoms with van der Waals surface area (Å²) in [4.78, 5) is 0. The third-order valence-electron chi connectivity index (χ3n) is 1.05. The van der Waals surface area contributed by atoms with Gasteiger partial charge in [0.25, 0.3) is 7.43 Å². The summed E-state index contributed by atoms with van der Waals surface area (Å²) >= 11 is 1.34. The van der Waals surface area contributed by atoms with Crippen molar-refractivity contribution >= 4 is 35.5 Å². The van der Waals surface area contributed by atoms with Gasteiger partial charge in [-0.25, -0.2) is 4.20 Å². The van der Waals surface area contributed by atoms with E-state index in [1.165, 1.54) is 0 Å². The molecule has 1 unspecified atom stereocenters. The van der Waals surface area contributed by atoms with Crippen LogP contribution in [0.5, 0.6) is 0 Å². The van der Waals surface area contributed by atoms with Crippen LogP contribution in [0.15, 0.2) is 0 Å². The van der Waals surface area contributed by atoms with Gasteiger partial charge in [-0.15, -0.1) is 0 Å². The van der Waals surface area contributed by atoms with Crippen LogP contribution in [0.3, 0.4) is 0 Å². The van der Waals surface area contributed by atoms with Gasteiger partial charge in [-0.1, -0.05) is 11.8 Å². The molecule has 0 bridgehead atoms. The molecule has 0 fully saturated rings. The van der Waals surface area contributed by atoms with E-state index >= 15 is 0 Å². The van der Waals surface area contributed by atoms with E-state index in [1.54, 1.807) is 0 Å². The zero-order chi connectivity index (χ0) is 14.3. The van der Waals surface area contributed by atoms with Crippen LogP contribution in [0.1, 0.15) is 0 Å². The van der Waals surface area contributed by atoms with Crippen LogP contribution >= 0.6 is 23.7 Å². The number of hydrogen-bond acceptors (Lipinski definition) is 2. The molecule has 0 N–H and O–H groups in total. The lowest BCUT2D eigenvalue weighted by molar-refractivity contribution is -0.0802. The van der Waals surface area contributed by atoms with Crippen LogP contribution in [0.25, 0.3) is 0 Å². The summed E-state index contributed by atoms with van der Waals surface area (Å²) in [5, 5.41) is -6.56. The van der Waals surface area contributed by atoms with Gasteiger partial charge in [-0.05, 0) is 11.0 Å². The smallest absolute Gasteiger partial charge is 0.204 e. The summed E-state index contributed by atoms with van der Waals surface area (Å²) in [5.74, 6) is -18.0. The molecule has 0 aromatic rings. The summed E-state index contributed by atoms with van der Waals surface area (Å²) < 4.78 is 119. The number of hydrogen-bond donors (Lipinski definition) is 0. The van der Waals surface area contributed by atoms with E-state index in [0.29, 0.717) is 0 Å². The molecule has 0 aliphatic heterocycles. The summed E-state index contributed by atoms with van der Waals surface area (Å²) in [6, 6.07) is 0. The van der Waals surface area contributed by atoms with Crippen molar-refractivity contribution in [2.75, 3.05) is 0 Å². The van der Waals surface area contributed by atoms with Crippen molar-refractivity contribution in [1.82, 2.24) is 0 Å². The maximum atomic E-state index is 12.3. The highest BCUT2D eigenvalue weighted by Crippen LogP contribution is 2.89. The first-order valence-corrected chi connectivity index (χ1v) is 9.15. The minimum Gasteiger partial charge on any atom is -0.204 e. The Morgan fingerprint density at radius 3 is 1.29 bits per heavy atom. The molecule has 0 saturated carbocycles. The number of rotatable bonds is 2. The molecule has 1 atom stereocenters. The molecule has 0 aromatic carbocycles. The maximum Gasteiger partial charge on any atom is 0.446 e. The summed E-state index contributed by atoms with van der Waals surface area (Å²) in [6.45, 7) is 0. The Balaban J connectivity index is 5.36. The first kappa shape index (κ1) is 17.7. The zero-order valence-corrected chi connectivity index (χ0v) is 10.4. The molecule has 14 heteroatoms. The zero-order valence-electron chi connectivity index (χ0n) is 6.99. The second-order valence-corrected chi connectivity index (χ2v) is 12.5. The van der Waals surface area contributed by atoms with Crippen LogP contribution in [0, 0.1) is 0 Å². The lowest BCUT2D eigenvalue weighted by Gasteiger charge is -2.27. The van der Waals surface area contributed by atoms with E-state index in [4.69, 9.17) is 0 Å². The summed E-state index contributed by atoms with van der Waals surface area (Å²) in [7, 11) is -5.02. The van der Waals surface area contributed by atoms with Crippen molar-refractivity contribution in [3.05, 3.63) is 0 Å². The number of alkyl halides is 9. The van der Waals surface area contributed by atoms with E-state index < -0.39 is 41.4 Å². The molecule has 0 aromatic heterocycles. The van der Waals surface area contributed by atoms with E-state index in [1.807, 2.05) is 0 Å². The van der Waals surface area contributed by atoms with Crippen molar-refractivity contribution in [3.63, 3.8) is 0 Å². The van der Waals surface area contributed by atoms with Gasteiger partial charge in [-0.2, -0.15) is 39.5 Å². The first-order valence-electron chi connectivity index (χ1n) is 3.09. The van der Waals surface area contributed by atoms with E-state index in [2.05, 4.69) is 11.8 Å². The normalized spacial score (nSPS) is 17.1. The molecule has 0 spiro atoms. The molecule has 0 amide bonds. The van der Waals surface area contributed by atoms with Crippen molar-refractivity contribution in [2.24, 2.45) is 0 Å². The maximum absolute atomic E-state index is 12.3. The largest absolute Gasteiger partial charge is 0.446 e. The van der Waals surface area contributed by atoms with Crippen LogP contribution in [-0.2, 0) is 11.8 Å². The molecule has 0 radical (unpaired) electrons. The van der Waals surface area contributed by atoms with E-state index in [-0.39, 0.29) is 0 Å². The Kier molecular flexibility index (Phi) is 5.23. The fourth-order valence-corrected chi connectivity index (χ4v) is 8.49. The van der Waals surface area contributed by atoms with Crippen LogP contribution in [0.4, 0.5) is 43.7 Å². The SMILES string of the molecule is FP(SP(=S)(C(F)(F)F)C(F)(F)F)C(F)(F)F. The second-order valence-electron chi connectivity index (χ2n) is 2.28. The van der Waals surface area contributed by atoms with Gasteiger partial charge in [0.2, 0.25) is 5.24 Å². The molecule has 0 rings (SSSR count). The minimum atomic E-state index is -6.56. The highest BCUT2D eigenvalue weighted by atomic mass is 33.2. The average Bonchev–Trinajstić information content (AvgIpc) is 1.97. The molecule has 0 aliphatic rings. The Morgan fingerprint density at radius 1 is 0.824 bits per heavy atom. The van der Waals surface area contributed by atoms with Crippen molar-refractivity contribution in [3.8, 4) is 0 Å². The standard InChI is InChI=1S/C3F10P2S2/c4-1(5,6)14(13)17-15(16,2(7,8)9)3(10,11)12. The molecular formula is C3F10P2S2. The number of halogens is 10. The molecule has 17 heavy (non-hydrogen) atoms. The first-order chi connectivity index (χ1) is 7.13. The third kappa shape index (κ3) is 4.11. The highest BCUT2D eigenvalue weighted by Gasteiger charge is 2.67. The summed E-state index contributed by atoms with van der Waals surface area (Å²) in [5.41, 5.74) is 0. The molecule has 0 heterocycles. The predicted molar refractivity (Wildman–Crippen MR) is 48.1 cm³/mol. The second kappa shape index (κ2) is 5.02. The lowest BCUT2D eigenvalue weighted by Crippen LogP contribution is -2.19. The molecule has 0 saturated heterocycles. The van der Waals surface area contributed by atoms with Crippen molar-refractivity contribution < 1.29 is 43.7 Å². The van der Waals surface area contributed by atoms with Gasteiger partial charge in [0.05, 0.1) is 0 Å². The summed E-state index contributed by atoms with van der Waals surface area (Å²) in [6.07, 6.45) is 0. The van der Waals surface area contributed by atoms with Gasteiger partial charge in [0.15, 0.2) is 0 Å². The van der Waals surface area contributed by atoms with Crippen molar-refractivity contribution in [2.45, 2.75) is 17.8 Å². The van der Waals surface area contributed by atoms with Crippen LogP contribution in [-0.4, -0.2) is 17.8 Å². The molecule has 0 nitrogen and oxygen atoms in total. The molecular weight excluding hydrogens is 352 g/mol. The van der Waals surface area contributed by atoms with Gasteiger partial charge in [-0.3, -0.25) is 0 Å². The Morgan fingerprint density at radius 2 is 1.12 bits per heavy atom. The van der Waals surface area contributed by atoms with Gasteiger partial charge < -0.3 is 0 Å². The highest BCUT2D eigenvalue weighted by molar-refractivity contribution is 8.93. The predicted octanol–water partition coefficient (Wildman–Crippen LogP) is 5.95.